The smallest absolute Gasteiger partial charge is 0.0692 e. The monoisotopic (exact) mass is 985 g/mol. The third-order valence-electron chi connectivity index (χ3n) is 14.8. The highest BCUT2D eigenvalue weighted by atomic mass is 32.2. The number of anilines is 6. The maximum Gasteiger partial charge on any atom is 0.0692 e. The van der Waals surface area contributed by atoms with Crippen LogP contribution in [0.4, 0.5) is 34.1 Å². The van der Waals surface area contributed by atoms with Crippen molar-refractivity contribution < 1.29 is 0 Å². The van der Waals surface area contributed by atoms with Gasteiger partial charge in [0.25, 0.3) is 0 Å². The second-order valence-corrected chi connectivity index (χ2v) is 21.5. The first-order chi connectivity index (χ1) is 36.4. The molecule has 1 aromatic heterocycles. The van der Waals surface area contributed by atoms with Gasteiger partial charge in [-0.1, -0.05) is 196 Å². The van der Waals surface area contributed by atoms with Crippen LogP contribution in [0.1, 0.15) is 30.5 Å². The molecule has 0 fully saturated rings. The average molecular weight is 986 g/mol. The molecule has 0 unspecified atom stereocenters. The summed E-state index contributed by atoms with van der Waals surface area (Å²) in [5, 5.41) is 2.58. The molecule has 0 saturated heterocycles. The molecule has 1 aliphatic heterocycles. The molecule has 0 bridgehead atoms. The summed E-state index contributed by atoms with van der Waals surface area (Å²) < 4.78 is 2.59. The first-order valence-electron chi connectivity index (χ1n) is 25.1. The molecule has 2 aliphatic rings. The van der Waals surface area contributed by atoms with Gasteiger partial charge in [-0.15, -0.1) is 0 Å². The van der Waals surface area contributed by atoms with Gasteiger partial charge in [0.2, 0.25) is 0 Å². The number of hydrogen-bond acceptors (Lipinski definition) is 4. The topological polar surface area (TPSA) is 11.4 Å². The Labute approximate surface area is 442 Å². The van der Waals surface area contributed by atoms with E-state index in [0.717, 1.165) is 62.1 Å². The van der Waals surface area contributed by atoms with Gasteiger partial charge < -0.3 is 14.4 Å². The number of aromatic nitrogens is 1. The molecule has 5 heteroatoms. The predicted molar refractivity (Wildman–Crippen MR) is 316 cm³/mol. The fourth-order valence-electron chi connectivity index (χ4n) is 11.3. The van der Waals surface area contributed by atoms with Gasteiger partial charge in [0.05, 0.1) is 15.9 Å². The number of hydrogen-bond donors (Lipinski definition) is 0. The van der Waals surface area contributed by atoms with E-state index in [0.29, 0.717) is 0 Å². The molecule has 11 aromatic rings. The van der Waals surface area contributed by atoms with Crippen LogP contribution in [-0.4, -0.2) is 4.57 Å². The first-order valence-corrected chi connectivity index (χ1v) is 26.8. The molecule has 0 spiro atoms. The van der Waals surface area contributed by atoms with Crippen LogP contribution in [0, 0.1) is 0 Å². The maximum atomic E-state index is 4.06. The van der Waals surface area contributed by atoms with Crippen LogP contribution in [0.5, 0.6) is 0 Å². The highest BCUT2D eigenvalue weighted by Gasteiger charge is 2.39. The first kappa shape index (κ1) is 45.4. The van der Waals surface area contributed by atoms with Gasteiger partial charge in [0.1, 0.15) is 0 Å². The Morgan fingerprint density at radius 2 is 0.932 bits per heavy atom. The summed E-state index contributed by atoms with van der Waals surface area (Å²) in [5.41, 5.74) is 19.8. The summed E-state index contributed by atoms with van der Waals surface area (Å²) in [7, 11) is 0. The van der Waals surface area contributed by atoms with Crippen LogP contribution in [0.25, 0.3) is 55.3 Å². The molecule has 0 saturated carbocycles. The van der Waals surface area contributed by atoms with E-state index < -0.39 is 0 Å². The van der Waals surface area contributed by atoms with Gasteiger partial charge in [-0.05, 0) is 148 Å². The molecular weight excluding hydrogens is 935 g/mol. The minimum Gasteiger partial charge on any atom is -0.311 e. The van der Waals surface area contributed by atoms with Crippen LogP contribution in [0.2, 0.25) is 0 Å². The highest BCUT2D eigenvalue weighted by molar-refractivity contribution is 8.05. The lowest BCUT2D eigenvalue weighted by Gasteiger charge is -2.28. The summed E-state index contributed by atoms with van der Waals surface area (Å²) in [6, 6.07) is 84.1. The van der Waals surface area contributed by atoms with Crippen molar-refractivity contribution in [3.63, 3.8) is 0 Å². The Morgan fingerprint density at radius 1 is 0.446 bits per heavy atom. The van der Waals surface area contributed by atoms with E-state index in [9.17, 15) is 0 Å². The molecule has 0 N–H and O–H groups in total. The van der Waals surface area contributed by atoms with Crippen LogP contribution in [0.15, 0.2) is 281 Å². The normalized spacial score (nSPS) is 13.2. The van der Waals surface area contributed by atoms with E-state index in [-0.39, 0.29) is 5.41 Å². The van der Waals surface area contributed by atoms with E-state index in [1.165, 1.54) is 63.6 Å². The molecule has 2 heterocycles. The molecular formula is C69H51N3S2. The molecule has 0 amide bonds. The number of benzene rings is 10. The second kappa shape index (κ2) is 18.5. The van der Waals surface area contributed by atoms with Crippen molar-refractivity contribution in [2.75, 3.05) is 9.80 Å². The summed E-state index contributed by atoms with van der Waals surface area (Å²) in [5.74, 6) is 0. The molecule has 1 aliphatic carbocycles. The predicted octanol–water partition coefficient (Wildman–Crippen LogP) is 20.1. The van der Waals surface area contributed by atoms with Gasteiger partial charge in [-0.2, -0.15) is 0 Å². The summed E-state index contributed by atoms with van der Waals surface area (Å²) in [6.07, 6.45) is 5.68. The van der Waals surface area contributed by atoms with Gasteiger partial charge in [-0.25, -0.2) is 0 Å². The third kappa shape index (κ3) is 7.62. The number of allylic oxidation sites excluding steroid dienone is 4. The Bertz CT molecular complexity index is 3940. The molecule has 10 aromatic carbocycles. The fraction of sp³-hybridized carbons (Fsp3) is 0.0435. The Morgan fingerprint density at radius 3 is 1.53 bits per heavy atom. The van der Waals surface area contributed by atoms with Crippen molar-refractivity contribution in [2.45, 2.75) is 38.8 Å². The van der Waals surface area contributed by atoms with Gasteiger partial charge >= 0.3 is 0 Å². The Kier molecular flexibility index (Phi) is 11.4. The van der Waals surface area contributed by atoms with Crippen molar-refractivity contribution in [3.05, 3.63) is 279 Å². The molecule has 0 atom stereocenters. The summed E-state index contributed by atoms with van der Waals surface area (Å²) in [6.45, 7) is 12.8. The summed E-state index contributed by atoms with van der Waals surface area (Å²) in [4.78, 5) is 9.86. The molecule has 74 heavy (non-hydrogen) atoms. The quantitative estimate of drug-likeness (QED) is 0.120. The number of rotatable bonds is 11. The Balaban J connectivity index is 0.897. The Hall–Kier alpha value is -8.48. The molecule has 354 valence electrons. The zero-order valence-electron chi connectivity index (χ0n) is 41.2. The van der Waals surface area contributed by atoms with E-state index >= 15 is 0 Å². The number of nitrogens with zero attached hydrogens (tertiary/aromatic N) is 3. The lowest BCUT2D eigenvalue weighted by atomic mass is 9.81. The summed E-state index contributed by atoms with van der Waals surface area (Å²) >= 11 is 3.79. The standard InChI is InChI=1S/C69H51N3S2/c1-5-17-46(6-2)47-26-32-52(33-27-47)71(55-40-38-54(39-41-55)70(50-18-9-7-10-19-50)51-20-11-8-12-21-51)53-34-28-48(29-35-53)49-30-36-56(37-31-49)72-66-59(43-42-58-57-22-13-14-23-61(57)69(3,4)65(58)66)60-44-45-64-68(67(60)72)74-63-25-16-15-24-62(63)73-64/h5-45H,1-2H2,3-4H3/b46-17+. The minimum absolute atomic E-state index is 0.187. The molecule has 13 rings (SSSR count). The average Bonchev–Trinajstić information content (AvgIpc) is 3.92. The third-order valence-corrected chi connectivity index (χ3v) is 17.4. The van der Waals surface area contributed by atoms with Gasteiger partial charge in [0.15, 0.2) is 0 Å². The maximum absolute atomic E-state index is 4.06. The minimum atomic E-state index is -0.187. The van der Waals surface area contributed by atoms with Crippen LogP contribution < -0.4 is 9.80 Å². The van der Waals surface area contributed by atoms with Crippen LogP contribution >= 0.6 is 23.5 Å². The highest BCUT2D eigenvalue weighted by Crippen LogP contribution is 2.56. The molecule has 0 radical (unpaired) electrons. The molecule has 3 nitrogen and oxygen atoms in total. The van der Waals surface area contributed by atoms with Crippen LogP contribution in [-0.2, 0) is 5.41 Å². The van der Waals surface area contributed by atoms with Crippen molar-refractivity contribution >= 4 is 85.0 Å². The number of fused-ring (bicyclic) bond motifs is 10. The van der Waals surface area contributed by atoms with Crippen molar-refractivity contribution in [1.82, 2.24) is 4.57 Å². The van der Waals surface area contributed by atoms with Crippen molar-refractivity contribution in [3.8, 4) is 27.9 Å². The van der Waals surface area contributed by atoms with Crippen LogP contribution in [0.3, 0.4) is 0 Å². The van der Waals surface area contributed by atoms with E-state index in [1.54, 1.807) is 0 Å². The lowest BCUT2D eigenvalue weighted by molar-refractivity contribution is 0.664. The van der Waals surface area contributed by atoms with E-state index in [4.69, 9.17) is 0 Å². The van der Waals surface area contributed by atoms with Crippen molar-refractivity contribution in [1.29, 1.82) is 0 Å². The second-order valence-electron chi connectivity index (χ2n) is 19.4. The largest absolute Gasteiger partial charge is 0.311 e. The fourth-order valence-corrected chi connectivity index (χ4v) is 13.7. The van der Waals surface area contributed by atoms with Gasteiger partial charge in [0, 0.05) is 70.7 Å². The zero-order chi connectivity index (χ0) is 49.9. The SMILES string of the molecule is C=C/C=C(\C=C)c1ccc(N(c2ccc(-c3ccc(-n4c5c6c(ccc5c5ccc7c(c54)C(C)(C)c4ccccc4-7)Sc4ccccc4S6)cc3)cc2)c2ccc(N(c3ccccc3)c3ccccc3)cc2)cc1. The van der Waals surface area contributed by atoms with E-state index in [1.807, 2.05) is 41.8 Å². The van der Waals surface area contributed by atoms with E-state index in [2.05, 4.69) is 272 Å². The number of para-hydroxylation sites is 2. The van der Waals surface area contributed by atoms with Gasteiger partial charge in [-0.3, -0.25) is 0 Å². The lowest BCUT2D eigenvalue weighted by Crippen LogP contribution is -2.16. The zero-order valence-corrected chi connectivity index (χ0v) is 42.9. The van der Waals surface area contributed by atoms with Crippen molar-refractivity contribution in [2.24, 2.45) is 0 Å².